The number of anilines is 1. The molecule has 1 aromatic carbocycles. The van der Waals surface area contributed by atoms with E-state index in [1.165, 1.54) is 24.0 Å². The number of nitrogens with zero attached hydrogens (tertiary/aromatic N) is 4. The number of rotatable bonds is 10. The number of alkyl halides is 1. The van der Waals surface area contributed by atoms with E-state index in [1.807, 2.05) is 0 Å². The number of halogens is 1. The third kappa shape index (κ3) is 6.82. The molecular formula is C25H31FN7O7P. The summed E-state index contributed by atoms with van der Waals surface area (Å²) in [6.07, 6.45) is -1.75. The van der Waals surface area contributed by atoms with Crippen LogP contribution < -0.4 is 21.1 Å². The van der Waals surface area contributed by atoms with Gasteiger partial charge >= 0.3 is 13.7 Å². The van der Waals surface area contributed by atoms with Crippen LogP contribution in [0.15, 0.2) is 42.9 Å². The highest BCUT2D eigenvalue weighted by Crippen LogP contribution is 2.47. The second-order valence-corrected chi connectivity index (χ2v) is 11.2. The van der Waals surface area contributed by atoms with Gasteiger partial charge in [0, 0.05) is 0 Å². The van der Waals surface area contributed by atoms with Gasteiger partial charge in [-0.15, -0.1) is 0 Å². The van der Waals surface area contributed by atoms with Gasteiger partial charge in [-0.25, -0.2) is 18.9 Å². The van der Waals surface area contributed by atoms with Crippen LogP contribution in [0.3, 0.4) is 0 Å². The van der Waals surface area contributed by atoms with E-state index in [0.29, 0.717) is 5.52 Å². The third-order valence-electron chi connectivity index (χ3n) is 5.95. The first-order chi connectivity index (χ1) is 19.5. The summed E-state index contributed by atoms with van der Waals surface area (Å²) in [4.78, 5) is 24.7. The molecule has 0 amide bonds. The molecule has 41 heavy (non-hydrogen) atoms. The monoisotopic (exact) mass is 591 g/mol. The van der Waals surface area contributed by atoms with E-state index in [1.54, 1.807) is 44.2 Å². The lowest BCUT2D eigenvalue weighted by molar-refractivity contribution is -0.149. The minimum absolute atomic E-state index is 0.0506. The smallest absolute Gasteiger partial charge is 0.459 e. The zero-order valence-corrected chi connectivity index (χ0v) is 23.4. The molecule has 3 aromatic rings. The molecule has 1 aliphatic heterocycles. The number of imidazole rings is 1. The van der Waals surface area contributed by atoms with Crippen molar-refractivity contribution in [2.45, 2.75) is 56.9 Å². The molecule has 0 saturated carbocycles. The zero-order valence-electron chi connectivity index (χ0n) is 22.5. The largest absolute Gasteiger partial charge is 0.462 e. The van der Waals surface area contributed by atoms with Crippen LogP contribution in [0.5, 0.6) is 5.75 Å². The summed E-state index contributed by atoms with van der Waals surface area (Å²) < 4.78 is 50.8. The van der Waals surface area contributed by atoms with Crippen molar-refractivity contribution in [3.63, 3.8) is 0 Å². The molecule has 1 fully saturated rings. The number of nitrogens with one attached hydrogen (secondary N) is 1. The van der Waals surface area contributed by atoms with Crippen molar-refractivity contribution >= 4 is 30.8 Å². The molecular weight excluding hydrogens is 560 g/mol. The molecule has 3 unspecified atom stereocenters. The van der Waals surface area contributed by atoms with Gasteiger partial charge in [-0.2, -0.15) is 10.1 Å². The van der Waals surface area contributed by atoms with Crippen LogP contribution in [0.1, 0.15) is 27.0 Å². The molecule has 6 atom stereocenters. The number of esters is 1. The number of carbonyl (C=O) groups excluding carboxylic acids is 1. The topological polar surface area (TPSA) is 199 Å². The van der Waals surface area contributed by atoms with E-state index in [-0.39, 0.29) is 17.3 Å². The predicted octanol–water partition coefficient (Wildman–Crippen LogP) is 1.47. The van der Waals surface area contributed by atoms with Gasteiger partial charge in [0.1, 0.15) is 36.2 Å². The normalized spacial score (nSPS) is 24.4. The van der Waals surface area contributed by atoms with Gasteiger partial charge in [0.15, 0.2) is 17.4 Å². The third-order valence-corrected chi connectivity index (χ3v) is 7.59. The van der Waals surface area contributed by atoms with E-state index in [0.717, 1.165) is 0 Å². The molecule has 6 N–H and O–H groups in total. The van der Waals surface area contributed by atoms with Gasteiger partial charge in [0.05, 0.1) is 25.2 Å². The number of aliphatic hydroxyl groups excluding tert-OH is 1. The molecule has 0 radical (unpaired) electrons. The first-order valence-corrected chi connectivity index (χ1v) is 14.1. The number of benzene rings is 1. The maximum absolute atomic E-state index is 13.8. The quantitative estimate of drug-likeness (QED) is 0.150. The van der Waals surface area contributed by atoms with Gasteiger partial charge in [0.2, 0.25) is 5.95 Å². The number of ether oxygens (including phenoxy) is 2. The van der Waals surface area contributed by atoms with Gasteiger partial charge in [-0.05, 0) is 32.9 Å². The van der Waals surface area contributed by atoms with E-state index >= 15 is 0 Å². The summed E-state index contributed by atoms with van der Waals surface area (Å²) in [6, 6.07) is 7.03. The Labute approximate surface area is 235 Å². The van der Waals surface area contributed by atoms with Crippen LogP contribution in [0.2, 0.25) is 0 Å². The van der Waals surface area contributed by atoms with Gasteiger partial charge in [0.25, 0.3) is 0 Å². The molecule has 14 nitrogen and oxygen atoms in total. The average molecular weight is 592 g/mol. The Morgan fingerprint density at radius 1 is 1.32 bits per heavy atom. The Bertz CT molecular complexity index is 1480. The van der Waals surface area contributed by atoms with Gasteiger partial charge in [-0.3, -0.25) is 13.9 Å². The maximum atomic E-state index is 13.8. The summed E-state index contributed by atoms with van der Waals surface area (Å²) >= 11 is 0. The standard InChI is InChI=1S/C25H31FN7O7P/c1-15(2)38-22(35)16(3)32-41(36,40-17-8-5-4-6-9-17)37-13-19-20(34)25(28,10-7-11-26)23(39-19)33-14-30-18-12-29-24(27)31-21(18)33/h4-6,8-9,12,14-16,19-20,23,34H,11,13,28H2,1-3H3,(H,32,36)(H2,27,29,31)/t16?,19-,20?,23-,25-,41?/m1/s1. The first-order valence-electron chi connectivity index (χ1n) is 12.6. The highest BCUT2D eigenvalue weighted by molar-refractivity contribution is 7.52. The lowest BCUT2D eigenvalue weighted by atomic mass is 9.91. The Morgan fingerprint density at radius 2 is 2.05 bits per heavy atom. The van der Waals surface area contributed by atoms with Crippen molar-refractivity contribution in [1.82, 2.24) is 24.6 Å². The number of hydrogen-bond donors (Lipinski definition) is 4. The van der Waals surface area contributed by atoms with Crippen LogP contribution in [-0.2, 0) is 23.4 Å². The lowest BCUT2D eigenvalue weighted by Gasteiger charge is -2.28. The summed E-state index contributed by atoms with van der Waals surface area (Å²) in [5.41, 5.74) is 10.9. The average Bonchev–Trinajstić information content (AvgIpc) is 3.44. The molecule has 1 aliphatic rings. The van der Waals surface area contributed by atoms with Crippen molar-refractivity contribution < 1.29 is 37.4 Å². The fourth-order valence-electron chi connectivity index (χ4n) is 4.07. The number of carbonyl (C=O) groups is 1. The Balaban J connectivity index is 1.61. The summed E-state index contributed by atoms with van der Waals surface area (Å²) in [5, 5.41) is 13.8. The molecule has 220 valence electrons. The van der Waals surface area contributed by atoms with Crippen molar-refractivity contribution in [1.29, 1.82) is 0 Å². The number of aromatic nitrogens is 4. The highest BCUT2D eigenvalue weighted by atomic mass is 31.2. The summed E-state index contributed by atoms with van der Waals surface area (Å²) in [7, 11) is -4.30. The highest BCUT2D eigenvalue weighted by Gasteiger charge is 2.55. The molecule has 3 heterocycles. The Morgan fingerprint density at radius 3 is 2.73 bits per heavy atom. The van der Waals surface area contributed by atoms with E-state index in [9.17, 15) is 18.9 Å². The predicted molar refractivity (Wildman–Crippen MR) is 145 cm³/mol. The van der Waals surface area contributed by atoms with Crippen molar-refractivity contribution in [2.24, 2.45) is 5.73 Å². The van der Waals surface area contributed by atoms with Crippen LogP contribution in [0, 0.1) is 11.8 Å². The molecule has 2 aromatic heterocycles. The number of aliphatic hydroxyl groups is 1. The number of nitrogens with two attached hydrogens (primary N) is 2. The maximum Gasteiger partial charge on any atom is 0.459 e. The number of fused-ring (bicyclic) bond motifs is 1. The number of para-hydroxylation sites is 1. The molecule has 1 saturated heterocycles. The molecule has 0 aliphatic carbocycles. The molecule has 16 heteroatoms. The Hall–Kier alpha value is -3.64. The van der Waals surface area contributed by atoms with E-state index in [2.05, 4.69) is 31.9 Å². The van der Waals surface area contributed by atoms with Crippen molar-refractivity contribution in [2.75, 3.05) is 19.0 Å². The van der Waals surface area contributed by atoms with Crippen LogP contribution in [0.4, 0.5) is 10.3 Å². The second-order valence-electron chi connectivity index (χ2n) is 9.46. The fraction of sp³-hybridized carbons (Fsp3) is 0.440. The minimum atomic E-state index is -4.30. The first kappa shape index (κ1) is 30.3. The summed E-state index contributed by atoms with van der Waals surface area (Å²) in [6.45, 7) is 3.20. The number of nitrogen functional groups attached to an aromatic ring is 1. The van der Waals surface area contributed by atoms with Crippen LogP contribution in [-0.4, -0.2) is 73.8 Å². The molecule has 4 rings (SSSR count). The Kier molecular flexibility index (Phi) is 9.23. The van der Waals surface area contributed by atoms with Crippen LogP contribution in [0.25, 0.3) is 11.2 Å². The SMILES string of the molecule is CC(C)OC(=O)C(C)NP(=O)(OC[C@H]1O[C@@H](n2cnc3cnc(N)nc32)[C@@](N)(C#CCF)C1O)Oc1ccccc1. The van der Waals surface area contributed by atoms with Crippen molar-refractivity contribution in [3.05, 3.63) is 42.9 Å². The fourth-order valence-corrected chi connectivity index (χ4v) is 5.57. The van der Waals surface area contributed by atoms with Crippen LogP contribution >= 0.6 is 7.75 Å². The van der Waals surface area contributed by atoms with E-state index < -0.39 is 63.1 Å². The minimum Gasteiger partial charge on any atom is -0.462 e. The van der Waals surface area contributed by atoms with Crippen molar-refractivity contribution in [3.8, 4) is 17.6 Å². The number of hydrogen-bond acceptors (Lipinski definition) is 12. The molecule has 0 bridgehead atoms. The second kappa shape index (κ2) is 12.5. The van der Waals surface area contributed by atoms with Gasteiger partial charge < -0.3 is 30.6 Å². The van der Waals surface area contributed by atoms with E-state index in [4.69, 9.17) is 30.0 Å². The zero-order chi connectivity index (χ0) is 29.8. The lowest BCUT2D eigenvalue weighted by Crippen LogP contribution is -2.53. The van der Waals surface area contributed by atoms with Gasteiger partial charge in [-0.1, -0.05) is 30.0 Å². The molecule has 0 spiro atoms. The summed E-state index contributed by atoms with van der Waals surface area (Å²) in [5.74, 6) is 4.21.